The number of amides is 2. The van der Waals surface area contributed by atoms with Crippen molar-refractivity contribution in [3.05, 3.63) is 69.2 Å². The van der Waals surface area contributed by atoms with Crippen molar-refractivity contribution in [3.63, 3.8) is 0 Å². The normalized spacial score (nSPS) is 16.0. The van der Waals surface area contributed by atoms with Crippen LogP contribution in [0.1, 0.15) is 61.1 Å². The third kappa shape index (κ3) is 7.70. The first-order chi connectivity index (χ1) is 16.4. The molecule has 0 aliphatic heterocycles. The van der Waals surface area contributed by atoms with Gasteiger partial charge in [0.2, 0.25) is 11.8 Å². The van der Waals surface area contributed by atoms with Crippen LogP contribution < -0.4 is 22.1 Å². The van der Waals surface area contributed by atoms with Gasteiger partial charge in [0.25, 0.3) is 0 Å². The lowest BCUT2D eigenvalue weighted by molar-refractivity contribution is -0.124. The van der Waals surface area contributed by atoms with Gasteiger partial charge in [-0.05, 0) is 41.2 Å². The molecule has 6 N–H and O–H groups in total. The molecule has 8 heteroatoms. The summed E-state index contributed by atoms with van der Waals surface area (Å²) in [6.07, 6.45) is 6.59. The molecule has 0 unspecified atom stereocenters. The van der Waals surface area contributed by atoms with E-state index in [1.54, 1.807) is 18.2 Å². The van der Waals surface area contributed by atoms with E-state index >= 15 is 0 Å². The summed E-state index contributed by atoms with van der Waals surface area (Å²) in [7, 11) is 0. The third-order valence-corrected chi connectivity index (χ3v) is 7.26. The number of carbonyl (C=O) groups is 2. The number of hydrogen-bond acceptors (Lipinski definition) is 4. The molecule has 3 rings (SSSR count). The van der Waals surface area contributed by atoms with Gasteiger partial charge in [-0.3, -0.25) is 9.59 Å². The highest BCUT2D eigenvalue weighted by Crippen LogP contribution is 2.28. The highest BCUT2D eigenvalue weighted by molar-refractivity contribution is 6.42. The third-order valence-electron chi connectivity index (χ3n) is 6.52. The number of benzene rings is 2. The lowest BCUT2D eigenvalue weighted by Crippen LogP contribution is -2.45. The average molecular weight is 505 g/mol. The first-order valence-electron chi connectivity index (χ1n) is 11.9. The number of hydrogen-bond donors (Lipinski definition) is 4. The Morgan fingerprint density at radius 3 is 2.24 bits per heavy atom. The SMILES string of the molecule is NCc1ccc(CNC(=O)[C@@H](CNC(=O)[C@H](N)CC2CCCCC2)c2ccc(Cl)c(Cl)c2)cc1. The summed E-state index contributed by atoms with van der Waals surface area (Å²) in [6.45, 7) is 0.943. The van der Waals surface area contributed by atoms with E-state index in [9.17, 15) is 9.59 Å². The molecule has 0 heterocycles. The summed E-state index contributed by atoms with van der Waals surface area (Å²) in [5, 5.41) is 6.60. The number of nitrogens with one attached hydrogen (secondary N) is 2. The van der Waals surface area contributed by atoms with E-state index in [-0.39, 0.29) is 18.4 Å². The van der Waals surface area contributed by atoms with Crippen LogP contribution in [0.25, 0.3) is 0 Å². The molecule has 6 nitrogen and oxygen atoms in total. The second kappa shape index (κ2) is 13.1. The minimum Gasteiger partial charge on any atom is -0.354 e. The second-order valence-corrected chi connectivity index (χ2v) is 9.87. The maximum absolute atomic E-state index is 13.1. The Morgan fingerprint density at radius 2 is 1.59 bits per heavy atom. The Kier molecular flexibility index (Phi) is 10.2. The van der Waals surface area contributed by atoms with Crippen LogP contribution in [0.5, 0.6) is 0 Å². The van der Waals surface area contributed by atoms with Gasteiger partial charge in [0, 0.05) is 19.6 Å². The molecule has 0 bridgehead atoms. The molecule has 1 saturated carbocycles. The van der Waals surface area contributed by atoms with Crippen molar-refractivity contribution >= 4 is 35.0 Å². The van der Waals surface area contributed by atoms with E-state index in [0.717, 1.165) is 24.0 Å². The van der Waals surface area contributed by atoms with Gasteiger partial charge in [0.05, 0.1) is 22.0 Å². The average Bonchev–Trinajstić information content (AvgIpc) is 2.85. The van der Waals surface area contributed by atoms with Crippen LogP contribution in [-0.4, -0.2) is 24.4 Å². The van der Waals surface area contributed by atoms with Crippen LogP contribution >= 0.6 is 23.2 Å². The van der Waals surface area contributed by atoms with Crippen LogP contribution in [0.3, 0.4) is 0 Å². The molecule has 2 amide bonds. The Bertz CT molecular complexity index is 962. The monoisotopic (exact) mass is 504 g/mol. The molecule has 0 spiro atoms. The van der Waals surface area contributed by atoms with Gasteiger partial charge in [-0.1, -0.05) is 85.6 Å². The smallest absolute Gasteiger partial charge is 0.236 e. The predicted octanol–water partition coefficient (Wildman–Crippen LogP) is 4.27. The fraction of sp³-hybridized carbons (Fsp3) is 0.462. The second-order valence-electron chi connectivity index (χ2n) is 9.06. The molecular formula is C26H34Cl2N4O2. The molecule has 1 aliphatic rings. The van der Waals surface area contributed by atoms with Crippen molar-refractivity contribution in [3.8, 4) is 0 Å². The minimum absolute atomic E-state index is 0.118. The molecular weight excluding hydrogens is 471 g/mol. The Balaban J connectivity index is 1.64. The summed E-state index contributed by atoms with van der Waals surface area (Å²) >= 11 is 12.3. The lowest BCUT2D eigenvalue weighted by Gasteiger charge is -2.25. The molecule has 2 aromatic rings. The summed E-state index contributed by atoms with van der Waals surface area (Å²) in [6, 6.07) is 12.2. The van der Waals surface area contributed by atoms with Crippen molar-refractivity contribution in [2.45, 2.75) is 63.6 Å². The molecule has 2 atom stereocenters. The maximum atomic E-state index is 13.1. The van der Waals surface area contributed by atoms with Crippen molar-refractivity contribution in [1.29, 1.82) is 0 Å². The van der Waals surface area contributed by atoms with E-state index in [2.05, 4.69) is 10.6 Å². The molecule has 1 aliphatic carbocycles. The van der Waals surface area contributed by atoms with E-state index in [4.69, 9.17) is 34.7 Å². The Morgan fingerprint density at radius 1 is 0.912 bits per heavy atom. The fourth-order valence-corrected chi connectivity index (χ4v) is 4.73. The van der Waals surface area contributed by atoms with Crippen molar-refractivity contribution in [1.82, 2.24) is 10.6 Å². The summed E-state index contributed by atoms with van der Waals surface area (Å²) < 4.78 is 0. The number of rotatable bonds is 10. The lowest BCUT2D eigenvalue weighted by atomic mass is 9.85. The van der Waals surface area contributed by atoms with E-state index in [1.807, 2.05) is 24.3 Å². The number of nitrogens with two attached hydrogens (primary N) is 2. The Hall–Kier alpha value is -2.12. The zero-order valence-electron chi connectivity index (χ0n) is 19.4. The van der Waals surface area contributed by atoms with Crippen molar-refractivity contribution < 1.29 is 9.59 Å². The van der Waals surface area contributed by atoms with Gasteiger partial charge in [-0.15, -0.1) is 0 Å². The topological polar surface area (TPSA) is 110 Å². The summed E-state index contributed by atoms with van der Waals surface area (Å²) in [4.78, 5) is 25.9. The first kappa shape index (κ1) is 26.5. The highest BCUT2D eigenvalue weighted by atomic mass is 35.5. The van der Waals surface area contributed by atoms with E-state index in [1.165, 1.54) is 19.3 Å². The fourth-order valence-electron chi connectivity index (χ4n) is 4.42. The first-order valence-corrected chi connectivity index (χ1v) is 12.7. The molecule has 2 aromatic carbocycles. The molecule has 184 valence electrons. The van der Waals surface area contributed by atoms with Gasteiger partial charge >= 0.3 is 0 Å². The zero-order chi connectivity index (χ0) is 24.5. The van der Waals surface area contributed by atoms with Crippen LogP contribution in [0.15, 0.2) is 42.5 Å². The van der Waals surface area contributed by atoms with Gasteiger partial charge in [0.1, 0.15) is 0 Å². The van der Waals surface area contributed by atoms with Crippen molar-refractivity contribution in [2.24, 2.45) is 17.4 Å². The van der Waals surface area contributed by atoms with Crippen LogP contribution in [0, 0.1) is 5.92 Å². The standard InChI is InChI=1S/C26H34Cl2N4O2/c27-22-11-10-20(13-23(22)28)21(25(33)31-15-19-8-6-18(14-29)7-9-19)16-32-26(34)24(30)12-17-4-2-1-3-5-17/h6-11,13,17,21,24H,1-5,12,14-16,29-30H2,(H,31,33)(H,32,34)/t21-,24+/m0/s1. The zero-order valence-corrected chi connectivity index (χ0v) is 20.9. The summed E-state index contributed by atoms with van der Waals surface area (Å²) in [5.74, 6) is -0.596. The molecule has 0 aromatic heterocycles. The van der Waals surface area contributed by atoms with Crippen LogP contribution in [0.2, 0.25) is 10.0 Å². The molecule has 34 heavy (non-hydrogen) atoms. The number of halogens is 2. The van der Waals surface area contributed by atoms with Gasteiger partial charge < -0.3 is 22.1 Å². The molecule has 0 saturated heterocycles. The quantitative estimate of drug-likeness (QED) is 0.387. The van der Waals surface area contributed by atoms with Gasteiger partial charge in [-0.2, -0.15) is 0 Å². The van der Waals surface area contributed by atoms with E-state index in [0.29, 0.717) is 41.0 Å². The minimum atomic E-state index is -0.635. The maximum Gasteiger partial charge on any atom is 0.236 e. The van der Waals surface area contributed by atoms with Crippen LogP contribution in [-0.2, 0) is 22.7 Å². The van der Waals surface area contributed by atoms with Gasteiger partial charge in [-0.25, -0.2) is 0 Å². The molecule has 1 fully saturated rings. The molecule has 0 radical (unpaired) electrons. The predicted molar refractivity (Wildman–Crippen MR) is 138 cm³/mol. The van der Waals surface area contributed by atoms with Gasteiger partial charge in [0.15, 0.2) is 0 Å². The highest BCUT2D eigenvalue weighted by Gasteiger charge is 2.25. The van der Waals surface area contributed by atoms with Crippen LogP contribution in [0.4, 0.5) is 0 Å². The largest absolute Gasteiger partial charge is 0.354 e. The van der Waals surface area contributed by atoms with E-state index < -0.39 is 12.0 Å². The van der Waals surface area contributed by atoms with Crippen molar-refractivity contribution in [2.75, 3.05) is 6.54 Å². The Labute approximate surface area is 211 Å². The number of carbonyl (C=O) groups excluding carboxylic acids is 2. The summed E-state index contributed by atoms with van der Waals surface area (Å²) in [5.41, 5.74) is 14.5.